The summed E-state index contributed by atoms with van der Waals surface area (Å²) in [6.07, 6.45) is 0. The van der Waals surface area contributed by atoms with E-state index in [9.17, 15) is 9.90 Å². The second kappa shape index (κ2) is 6.10. The number of phenolic OH excluding ortho intramolecular Hbond substituents is 1. The van der Waals surface area contributed by atoms with E-state index in [1.807, 2.05) is 19.1 Å². The maximum Gasteiger partial charge on any atom is 0.261 e. The summed E-state index contributed by atoms with van der Waals surface area (Å²) in [6, 6.07) is 11.9. The summed E-state index contributed by atoms with van der Waals surface area (Å²) >= 11 is 6.10. The molecular formula is C16H13ClN4O2. The molecule has 2 aromatic carbocycles. The number of benzene rings is 2. The maximum absolute atomic E-state index is 12.2. The molecule has 0 aliphatic carbocycles. The van der Waals surface area contributed by atoms with Gasteiger partial charge in [0.2, 0.25) is 5.95 Å². The maximum atomic E-state index is 12.2. The van der Waals surface area contributed by atoms with Crippen LogP contribution in [0.4, 0.5) is 5.95 Å². The van der Waals surface area contributed by atoms with Gasteiger partial charge in [-0.05, 0) is 31.2 Å². The Morgan fingerprint density at radius 1 is 1.26 bits per heavy atom. The number of aromatic nitrogens is 3. The molecule has 0 atom stereocenters. The van der Waals surface area contributed by atoms with Gasteiger partial charge >= 0.3 is 0 Å². The third-order valence-corrected chi connectivity index (χ3v) is 3.57. The van der Waals surface area contributed by atoms with Gasteiger partial charge in [-0.3, -0.25) is 15.2 Å². The van der Waals surface area contributed by atoms with E-state index in [-0.39, 0.29) is 17.3 Å². The zero-order chi connectivity index (χ0) is 16.4. The molecule has 0 aliphatic rings. The monoisotopic (exact) mass is 328 g/mol. The highest BCUT2D eigenvalue weighted by atomic mass is 35.5. The summed E-state index contributed by atoms with van der Waals surface area (Å²) < 4.78 is 0. The van der Waals surface area contributed by atoms with Gasteiger partial charge in [-0.25, -0.2) is 0 Å². The highest BCUT2D eigenvalue weighted by molar-refractivity contribution is 6.33. The van der Waals surface area contributed by atoms with Crippen molar-refractivity contribution in [3.8, 4) is 17.1 Å². The summed E-state index contributed by atoms with van der Waals surface area (Å²) in [5.41, 5.74) is 1.70. The van der Waals surface area contributed by atoms with Crippen LogP contribution in [0.25, 0.3) is 11.4 Å². The number of aromatic amines is 1. The lowest BCUT2D eigenvalue weighted by atomic mass is 10.1. The quantitative estimate of drug-likeness (QED) is 0.687. The number of hydrogen-bond donors (Lipinski definition) is 3. The lowest BCUT2D eigenvalue weighted by Crippen LogP contribution is -2.13. The van der Waals surface area contributed by atoms with Crippen LogP contribution in [0.1, 0.15) is 15.9 Å². The standard InChI is InChI=1S/C16H13ClN4O2/c1-9-6-7-13(22)11(8-9)15(23)19-16-18-14(20-21-16)10-4-2-3-5-12(10)17/h2-8,22H,1H3,(H2,18,19,20,21,23). The summed E-state index contributed by atoms with van der Waals surface area (Å²) in [7, 11) is 0. The highest BCUT2D eigenvalue weighted by Gasteiger charge is 2.15. The fourth-order valence-corrected chi connectivity index (χ4v) is 2.32. The van der Waals surface area contributed by atoms with E-state index >= 15 is 0 Å². The summed E-state index contributed by atoms with van der Waals surface area (Å²) in [5.74, 6) is -0.0453. The number of carbonyl (C=O) groups excluding carboxylic acids is 1. The number of rotatable bonds is 3. The lowest BCUT2D eigenvalue weighted by Gasteiger charge is -2.04. The van der Waals surface area contributed by atoms with Crippen molar-refractivity contribution in [2.75, 3.05) is 5.32 Å². The van der Waals surface area contributed by atoms with Crippen molar-refractivity contribution in [2.24, 2.45) is 0 Å². The minimum absolute atomic E-state index is 0.102. The first-order chi connectivity index (χ1) is 11.0. The number of H-pyrrole nitrogens is 1. The van der Waals surface area contributed by atoms with Crippen LogP contribution >= 0.6 is 11.6 Å². The van der Waals surface area contributed by atoms with Crippen molar-refractivity contribution < 1.29 is 9.90 Å². The fraction of sp³-hybridized carbons (Fsp3) is 0.0625. The number of hydrogen-bond acceptors (Lipinski definition) is 4. The van der Waals surface area contributed by atoms with Gasteiger partial charge in [-0.15, -0.1) is 5.10 Å². The predicted molar refractivity (Wildman–Crippen MR) is 87.6 cm³/mol. The summed E-state index contributed by atoms with van der Waals surface area (Å²) in [6.45, 7) is 1.83. The Balaban J connectivity index is 1.83. The number of anilines is 1. The Hall–Kier alpha value is -2.86. The molecule has 0 unspecified atom stereocenters. The molecule has 1 heterocycles. The van der Waals surface area contributed by atoms with Crippen LogP contribution in [0.15, 0.2) is 42.5 Å². The van der Waals surface area contributed by atoms with Gasteiger partial charge in [0, 0.05) is 5.56 Å². The molecular weight excluding hydrogens is 316 g/mol. The van der Waals surface area contributed by atoms with E-state index in [1.165, 1.54) is 6.07 Å². The van der Waals surface area contributed by atoms with Gasteiger partial charge in [0.25, 0.3) is 5.91 Å². The van der Waals surface area contributed by atoms with Crippen LogP contribution in [-0.4, -0.2) is 26.2 Å². The molecule has 3 aromatic rings. The lowest BCUT2D eigenvalue weighted by molar-refractivity contribution is 0.102. The average Bonchev–Trinajstić information content (AvgIpc) is 2.98. The molecule has 23 heavy (non-hydrogen) atoms. The highest BCUT2D eigenvalue weighted by Crippen LogP contribution is 2.25. The molecule has 6 nitrogen and oxygen atoms in total. The van der Waals surface area contributed by atoms with Crippen LogP contribution in [0, 0.1) is 6.92 Å². The van der Waals surface area contributed by atoms with Crippen LogP contribution in [-0.2, 0) is 0 Å². The Labute approximate surface area is 137 Å². The van der Waals surface area contributed by atoms with Gasteiger partial charge in [0.1, 0.15) is 5.75 Å². The minimum Gasteiger partial charge on any atom is -0.507 e. The summed E-state index contributed by atoms with van der Waals surface area (Å²) in [5, 5.41) is 19.5. The Morgan fingerprint density at radius 2 is 2.04 bits per heavy atom. The SMILES string of the molecule is Cc1ccc(O)c(C(=O)Nc2n[nH]c(-c3ccccc3Cl)n2)c1. The van der Waals surface area contributed by atoms with E-state index in [2.05, 4.69) is 20.5 Å². The van der Waals surface area contributed by atoms with Crippen molar-refractivity contribution >= 4 is 23.5 Å². The number of amides is 1. The van der Waals surface area contributed by atoms with E-state index < -0.39 is 5.91 Å². The van der Waals surface area contributed by atoms with Gasteiger partial charge in [0.05, 0.1) is 10.6 Å². The summed E-state index contributed by atoms with van der Waals surface area (Å²) in [4.78, 5) is 16.4. The first-order valence-electron chi connectivity index (χ1n) is 6.83. The molecule has 7 heteroatoms. The number of carbonyl (C=O) groups is 1. The zero-order valence-corrected chi connectivity index (χ0v) is 12.9. The van der Waals surface area contributed by atoms with Crippen LogP contribution in [0.2, 0.25) is 5.02 Å². The van der Waals surface area contributed by atoms with Crippen molar-refractivity contribution in [1.29, 1.82) is 0 Å². The Bertz CT molecular complexity index is 876. The van der Waals surface area contributed by atoms with E-state index in [0.29, 0.717) is 16.4 Å². The topological polar surface area (TPSA) is 90.9 Å². The molecule has 0 fully saturated rings. The third-order valence-electron chi connectivity index (χ3n) is 3.24. The molecule has 0 radical (unpaired) electrons. The molecule has 3 N–H and O–H groups in total. The molecule has 1 amide bonds. The van der Waals surface area contributed by atoms with E-state index in [1.54, 1.807) is 24.3 Å². The minimum atomic E-state index is -0.490. The molecule has 1 aromatic heterocycles. The molecule has 3 rings (SSSR count). The first kappa shape index (κ1) is 15.1. The molecule has 116 valence electrons. The largest absolute Gasteiger partial charge is 0.507 e. The number of phenols is 1. The second-order valence-corrected chi connectivity index (χ2v) is 5.37. The number of aryl methyl sites for hydroxylation is 1. The van der Waals surface area contributed by atoms with Crippen molar-refractivity contribution in [1.82, 2.24) is 15.2 Å². The van der Waals surface area contributed by atoms with Crippen molar-refractivity contribution in [3.63, 3.8) is 0 Å². The predicted octanol–water partition coefficient (Wildman–Crippen LogP) is 3.39. The van der Waals surface area contributed by atoms with Crippen molar-refractivity contribution in [2.45, 2.75) is 6.92 Å². The Morgan fingerprint density at radius 3 is 2.83 bits per heavy atom. The molecule has 0 spiro atoms. The van der Waals surface area contributed by atoms with Gasteiger partial charge in [0.15, 0.2) is 5.82 Å². The number of aromatic hydroxyl groups is 1. The van der Waals surface area contributed by atoms with Crippen LogP contribution in [0.3, 0.4) is 0 Å². The smallest absolute Gasteiger partial charge is 0.261 e. The number of nitrogens with one attached hydrogen (secondary N) is 2. The van der Waals surface area contributed by atoms with E-state index in [0.717, 1.165) is 5.56 Å². The van der Waals surface area contributed by atoms with Gasteiger partial charge < -0.3 is 5.11 Å². The number of nitrogens with zero attached hydrogens (tertiary/aromatic N) is 2. The Kier molecular flexibility index (Phi) is 3.99. The molecule has 0 aliphatic heterocycles. The molecule has 0 bridgehead atoms. The van der Waals surface area contributed by atoms with Crippen LogP contribution < -0.4 is 5.32 Å². The first-order valence-corrected chi connectivity index (χ1v) is 7.20. The second-order valence-electron chi connectivity index (χ2n) is 4.96. The van der Waals surface area contributed by atoms with Crippen LogP contribution in [0.5, 0.6) is 5.75 Å². The normalized spacial score (nSPS) is 10.5. The molecule has 0 saturated heterocycles. The van der Waals surface area contributed by atoms with Gasteiger partial charge in [-0.2, -0.15) is 4.98 Å². The average molecular weight is 329 g/mol. The zero-order valence-electron chi connectivity index (χ0n) is 12.2. The fourth-order valence-electron chi connectivity index (χ4n) is 2.09. The number of halogens is 1. The third kappa shape index (κ3) is 3.17. The van der Waals surface area contributed by atoms with Crippen molar-refractivity contribution in [3.05, 3.63) is 58.6 Å². The molecule has 0 saturated carbocycles. The van der Waals surface area contributed by atoms with E-state index in [4.69, 9.17) is 11.6 Å². The van der Waals surface area contributed by atoms with Gasteiger partial charge in [-0.1, -0.05) is 35.4 Å².